The zero-order valence-corrected chi connectivity index (χ0v) is 10.6. The molecule has 94 valence electrons. The monoisotopic (exact) mass is 236 g/mol. The molecule has 0 N–H and O–H groups in total. The summed E-state index contributed by atoms with van der Waals surface area (Å²) in [6.45, 7) is 4.62. The van der Waals surface area contributed by atoms with E-state index in [0.29, 0.717) is 12.5 Å². The molecular weight excluding hydrogens is 216 g/mol. The summed E-state index contributed by atoms with van der Waals surface area (Å²) in [6.07, 6.45) is 6.51. The molecule has 1 heterocycles. The van der Waals surface area contributed by atoms with Crippen LogP contribution in [-0.2, 0) is 14.3 Å². The van der Waals surface area contributed by atoms with Gasteiger partial charge < -0.3 is 9.47 Å². The molecular formula is C14H20O3. The first-order chi connectivity index (χ1) is 8.06. The standard InChI is InChI=1S/C14H20O3/c1-13(2)9-16-14(17-13)7-10-5-3-4-6-11(10)12(14)8-15/h8,10H,3-7,9H2,1-2H3. The van der Waals surface area contributed by atoms with Crippen LogP contribution < -0.4 is 0 Å². The Bertz CT molecular complexity index is 383. The molecule has 2 atom stereocenters. The topological polar surface area (TPSA) is 35.5 Å². The van der Waals surface area contributed by atoms with Crippen molar-refractivity contribution in [2.24, 2.45) is 5.92 Å². The average Bonchev–Trinajstić information content (AvgIpc) is 2.75. The number of hydrogen-bond donors (Lipinski definition) is 0. The van der Waals surface area contributed by atoms with Gasteiger partial charge in [-0.15, -0.1) is 0 Å². The molecule has 0 amide bonds. The van der Waals surface area contributed by atoms with Crippen LogP contribution in [0, 0.1) is 5.92 Å². The van der Waals surface area contributed by atoms with Crippen molar-refractivity contribution in [2.75, 3.05) is 6.61 Å². The highest BCUT2D eigenvalue weighted by Crippen LogP contribution is 2.52. The maximum Gasteiger partial charge on any atom is 0.199 e. The maximum absolute atomic E-state index is 11.4. The summed E-state index contributed by atoms with van der Waals surface area (Å²) in [7, 11) is 0. The minimum Gasteiger partial charge on any atom is -0.343 e. The number of aldehydes is 1. The van der Waals surface area contributed by atoms with Gasteiger partial charge in [-0.25, -0.2) is 0 Å². The number of carbonyl (C=O) groups excluding carboxylic acids is 1. The summed E-state index contributed by atoms with van der Waals surface area (Å²) >= 11 is 0. The Morgan fingerprint density at radius 2 is 2.18 bits per heavy atom. The van der Waals surface area contributed by atoms with Gasteiger partial charge in [0, 0.05) is 6.42 Å². The molecule has 0 bridgehead atoms. The third-order valence-corrected chi connectivity index (χ3v) is 4.22. The van der Waals surface area contributed by atoms with Crippen molar-refractivity contribution in [3.05, 3.63) is 11.1 Å². The summed E-state index contributed by atoms with van der Waals surface area (Å²) < 4.78 is 12.0. The zero-order chi connectivity index (χ0) is 12.1. The molecule has 17 heavy (non-hydrogen) atoms. The van der Waals surface area contributed by atoms with Crippen LogP contribution in [-0.4, -0.2) is 24.3 Å². The van der Waals surface area contributed by atoms with Gasteiger partial charge in [-0.2, -0.15) is 0 Å². The van der Waals surface area contributed by atoms with Crippen LogP contribution >= 0.6 is 0 Å². The fraction of sp³-hybridized carbons (Fsp3) is 0.786. The number of rotatable bonds is 1. The normalized spacial score (nSPS) is 39.8. The molecule has 0 radical (unpaired) electrons. The lowest BCUT2D eigenvalue weighted by atomic mass is 9.85. The molecule has 2 unspecified atom stereocenters. The molecule has 0 aromatic carbocycles. The van der Waals surface area contributed by atoms with E-state index in [4.69, 9.17) is 9.47 Å². The van der Waals surface area contributed by atoms with E-state index < -0.39 is 5.79 Å². The van der Waals surface area contributed by atoms with Crippen molar-refractivity contribution in [1.82, 2.24) is 0 Å². The van der Waals surface area contributed by atoms with Crippen molar-refractivity contribution in [2.45, 2.75) is 57.3 Å². The fourth-order valence-electron chi connectivity index (χ4n) is 3.54. The summed E-state index contributed by atoms with van der Waals surface area (Å²) in [5.41, 5.74) is 1.83. The highest BCUT2D eigenvalue weighted by atomic mass is 16.8. The van der Waals surface area contributed by atoms with E-state index in [1.807, 2.05) is 13.8 Å². The van der Waals surface area contributed by atoms with Crippen molar-refractivity contribution in [3.63, 3.8) is 0 Å². The second kappa shape index (κ2) is 3.66. The highest BCUT2D eigenvalue weighted by Gasteiger charge is 2.54. The first kappa shape index (κ1) is 11.4. The second-order valence-corrected chi connectivity index (χ2v) is 6.11. The number of hydrogen-bond acceptors (Lipinski definition) is 3. The number of fused-ring (bicyclic) bond motifs is 1. The van der Waals surface area contributed by atoms with Crippen molar-refractivity contribution < 1.29 is 14.3 Å². The number of carbonyl (C=O) groups is 1. The van der Waals surface area contributed by atoms with Gasteiger partial charge in [-0.05, 0) is 39.0 Å². The molecule has 3 rings (SSSR count). The van der Waals surface area contributed by atoms with E-state index in [1.165, 1.54) is 24.8 Å². The van der Waals surface area contributed by atoms with Gasteiger partial charge in [-0.3, -0.25) is 4.79 Å². The predicted octanol–water partition coefficient (Wildman–Crippen LogP) is 2.60. The molecule has 0 aromatic heterocycles. The smallest absolute Gasteiger partial charge is 0.199 e. The van der Waals surface area contributed by atoms with Crippen molar-refractivity contribution >= 4 is 6.29 Å². The quantitative estimate of drug-likeness (QED) is 0.656. The van der Waals surface area contributed by atoms with Crippen molar-refractivity contribution in [1.29, 1.82) is 0 Å². The minimum absolute atomic E-state index is 0.275. The Kier molecular flexibility index (Phi) is 2.46. The molecule has 1 saturated carbocycles. The average molecular weight is 236 g/mol. The van der Waals surface area contributed by atoms with Crippen LogP contribution in [0.15, 0.2) is 11.1 Å². The van der Waals surface area contributed by atoms with Crippen LogP contribution in [0.5, 0.6) is 0 Å². The molecule has 3 heteroatoms. The van der Waals surface area contributed by atoms with Crippen molar-refractivity contribution in [3.8, 4) is 0 Å². The highest BCUT2D eigenvalue weighted by molar-refractivity contribution is 5.79. The Morgan fingerprint density at radius 3 is 2.82 bits per heavy atom. The molecule has 3 aliphatic rings. The Hall–Kier alpha value is -0.670. The lowest BCUT2D eigenvalue weighted by Gasteiger charge is -2.26. The predicted molar refractivity (Wildman–Crippen MR) is 63.5 cm³/mol. The van der Waals surface area contributed by atoms with E-state index in [2.05, 4.69) is 0 Å². The second-order valence-electron chi connectivity index (χ2n) is 6.11. The van der Waals surface area contributed by atoms with Gasteiger partial charge in [0.15, 0.2) is 12.1 Å². The molecule has 1 saturated heterocycles. The Morgan fingerprint density at radius 1 is 1.35 bits per heavy atom. The van der Waals surface area contributed by atoms with Crippen LogP contribution in [0.1, 0.15) is 46.0 Å². The summed E-state index contributed by atoms with van der Waals surface area (Å²) in [5, 5.41) is 0. The molecule has 0 aromatic rings. The van der Waals surface area contributed by atoms with Gasteiger partial charge in [0.1, 0.15) is 0 Å². The number of ether oxygens (including phenoxy) is 2. The van der Waals surface area contributed by atoms with Gasteiger partial charge >= 0.3 is 0 Å². The Labute approximate surface area is 102 Å². The fourth-order valence-corrected chi connectivity index (χ4v) is 3.54. The van der Waals surface area contributed by atoms with Crippen LogP contribution in [0.25, 0.3) is 0 Å². The summed E-state index contributed by atoms with van der Waals surface area (Å²) in [5.74, 6) is -0.201. The Balaban J connectivity index is 1.97. The first-order valence-corrected chi connectivity index (χ1v) is 6.59. The minimum atomic E-state index is -0.713. The van der Waals surface area contributed by atoms with E-state index in [-0.39, 0.29) is 5.60 Å². The largest absolute Gasteiger partial charge is 0.343 e. The van der Waals surface area contributed by atoms with Gasteiger partial charge in [0.25, 0.3) is 0 Å². The van der Waals surface area contributed by atoms with Crippen LogP contribution in [0.4, 0.5) is 0 Å². The van der Waals surface area contributed by atoms with Crippen LogP contribution in [0.2, 0.25) is 0 Å². The third kappa shape index (κ3) is 1.67. The maximum atomic E-state index is 11.4. The van der Waals surface area contributed by atoms with E-state index >= 15 is 0 Å². The SMILES string of the molecule is CC1(C)COC2(CC3CCCCC3=C2C=O)O1. The molecule has 1 aliphatic heterocycles. The summed E-state index contributed by atoms with van der Waals surface area (Å²) in [4.78, 5) is 11.4. The lowest BCUT2D eigenvalue weighted by molar-refractivity contribution is -0.158. The first-order valence-electron chi connectivity index (χ1n) is 6.59. The van der Waals surface area contributed by atoms with Gasteiger partial charge in [-0.1, -0.05) is 12.0 Å². The number of allylic oxidation sites excluding steroid dienone is 1. The van der Waals surface area contributed by atoms with Gasteiger partial charge in [0.05, 0.1) is 17.8 Å². The van der Waals surface area contributed by atoms with Crippen LogP contribution in [0.3, 0.4) is 0 Å². The molecule has 2 fully saturated rings. The van der Waals surface area contributed by atoms with E-state index in [0.717, 1.165) is 24.7 Å². The third-order valence-electron chi connectivity index (χ3n) is 4.22. The molecule has 1 spiro atoms. The van der Waals surface area contributed by atoms with E-state index in [1.54, 1.807) is 0 Å². The summed E-state index contributed by atoms with van der Waals surface area (Å²) in [6, 6.07) is 0. The lowest BCUT2D eigenvalue weighted by Crippen LogP contribution is -2.34. The zero-order valence-electron chi connectivity index (χ0n) is 10.6. The molecule has 3 nitrogen and oxygen atoms in total. The van der Waals surface area contributed by atoms with Gasteiger partial charge in [0.2, 0.25) is 0 Å². The van der Waals surface area contributed by atoms with E-state index in [9.17, 15) is 4.79 Å². The molecule has 2 aliphatic carbocycles.